The zero-order valence-electron chi connectivity index (χ0n) is 21.4. The number of carbonyl (C=O) groups excluding carboxylic acids is 1. The van der Waals surface area contributed by atoms with Gasteiger partial charge in [-0.3, -0.25) is 9.45 Å². The van der Waals surface area contributed by atoms with Crippen LogP contribution in [0.2, 0.25) is 5.02 Å². The molecule has 0 fully saturated rings. The molecule has 1 heterocycles. The molecule has 2 aromatic rings. The molecule has 3 rings (SSSR count). The van der Waals surface area contributed by atoms with E-state index in [1.165, 1.54) is 26.0 Å². The highest BCUT2D eigenvalue weighted by Crippen LogP contribution is 2.31. The van der Waals surface area contributed by atoms with Gasteiger partial charge < -0.3 is 22.1 Å². The largest absolute Gasteiger partial charge is 0.369 e. The third-order valence-corrected chi connectivity index (χ3v) is 7.25. The molecule has 1 aliphatic heterocycles. The average molecular weight is 606 g/mol. The molecule has 39 heavy (non-hydrogen) atoms. The second-order valence-electron chi connectivity index (χ2n) is 8.64. The van der Waals surface area contributed by atoms with Crippen LogP contribution in [0, 0.1) is 6.92 Å². The lowest BCUT2D eigenvalue weighted by Gasteiger charge is -2.38. The number of carbonyl (C=O) groups is 1. The molecule has 17 heteroatoms. The van der Waals surface area contributed by atoms with Crippen molar-refractivity contribution in [3.8, 4) is 0 Å². The first-order valence-corrected chi connectivity index (χ1v) is 14.5. The standard InChI is InChI=1S/C20H23ClFN7O3S.C2H6O3S/c1-11-8-13(5-7-16(11)33(22,31)32)26-19(30)25-10-12-4-6-14(9-15(12)21)29-18(24)27-17(23)28-20(29,2)3;1-2-6(3,4)5/h4-9H,10H2,1-3H3,(H2,25,26,30)(H4,23,24,27,28);2H2,1H3,(H,3,4,5). The molecular weight excluding hydrogens is 577 g/mol. The lowest BCUT2D eigenvalue weighted by Crippen LogP contribution is -2.54. The number of halogens is 2. The van der Waals surface area contributed by atoms with Gasteiger partial charge in [-0.25, -0.2) is 9.79 Å². The molecule has 0 spiro atoms. The Morgan fingerprint density at radius 3 is 2.26 bits per heavy atom. The normalized spacial score (nSPS) is 14.9. The van der Waals surface area contributed by atoms with Gasteiger partial charge in [0, 0.05) is 22.9 Å². The SMILES string of the molecule is CCS(=O)(=O)O.Cc1cc(NC(=O)NCc2ccc(N3C(N)=NC(N)=NC3(C)C)cc2Cl)ccc1S(=O)(=O)F. The van der Waals surface area contributed by atoms with Crippen LogP contribution in [0.3, 0.4) is 0 Å². The Labute approximate surface area is 231 Å². The van der Waals surface area contributed by atoms with E-state index in [1.807, 2.05) is 13.8 Å². The summed E-state index contributed by atoms with van der Waals surface area (Å²) in [6.45, 7) is 6.56. The average Bonchev–Trinajstić information content (AvgIpc) is 2.76. The van der Waals surface area contributed by atoms with E-state index < -0.39 is 36.9 Å². The summed E-state index contributed by atoms with van der Waals surface area (Å²) in [4.78, 5) is 21.8. The summed E-state index contributed by atoms with van der Waals surface area (Å²) in [5.74, 6) is 0.0611. The van der Waals surface area contributed by atoms with Crippen molar-refractivity contribution >= 4 is 61.3 Å². The molecule has 0 unspecified atom stereocenters. The fourth-order valence-electron chi connectivity index (χ4n) is 3.42. The number of hydrogen-bond donors (Lipinski definition) is 5. The summed E-state index contributed by atoms with van der Waals surface area (Å²) in [6.07, 6.45) is 0. The Morgan fingerprint density at radius 1 is 1.15 bits per heavy atom. The fraction of sp³-hybridized carbons (Fsp3) is 0.318. The molecule has 0 radical (unpaired) electrons. The van der Waals surface area contributed by atoms with Crippen molar-refractivity contribution < 1.29 is 30.1 Å². The molecule has 2 aromatic carbocycles. The van der Waals surface area contributed by atoms with Crippen molar-refractivity contribution in [3.05, 3.63) is 52.5 Å². The molecule has 1 aliphatic rings. The molecule has 0 bridgehead atoms. The minimum atomic E-state index is -4.83. The Hall–Kier alpha value is -3.47. The number of rotatable bonds is 6. The predicted octanol–water partition coefficient (Wildman–Crippen LogP) is 2.71. The van der Waals surface area contributed by atoms with Crippen molar-refractivity contribution in [2.45, 2.75) is 44.8 Å². The molecule has 214 valence electrons. The number of hydrogen-bond acceptors (Lipinski definition) is 10. The fourth-order valence-corrected chi connectivity index (χ4v) is 4.34. The van der Waals surface area contributed by atoms with Gasteiger partial charge in [0.25, 0.3) is 10.1 Å². The number of nitrogens with two attached hydrogens (primary N) is 2. The van der Waals surface area contributed by atoms with Gasteiger partial charge in [0.05, 0.1) is 5.75 Å². The van der Waals surface area contributed by atoms with Crippen molar-refractivity contribution in [2.75, 3.05) is 16.0 Å². The maximum atomic E-state index is 13.2. The first kappa shape index (κ1) is 31.7. The van der Waals surface area contributed by atoms with Gasteiger partial charge in [0.2, 0.25) is 11.9 Å². The van der Waals surface area contributed by atoms with Crippen LogP contribution in [-0.2, 0) is 26.9 Å². The molecule has 13 nitrogen and oxygen atoms in total. The number of benzene rings is 2. The second-order valence-corrected chi connectivity index (χ2v) is 12.1. The summed E-state index contributed by atoms with van der Waals surface area (Å²) in [6, 6.07) is 8.36. The highest BCUT2D eigenvalue weighted by atomic mass is 35.5. The van der Waals surface area contributed by atoms with Crippen LogP contribution in [0.25, 0.3) is 0 Å². The van der Waals surface area contributed by atoms with Crippen LogP contribution in [0.1, 0.15) is 31.9 Å². The molecule has 0 aliphatic carbocycles. The monoisotopic (exact) mass is 605 g/mol. The molecule has 0 saturated heterocycles. The van der Waals surface area contributed by atoms with Gasteiger partial charge in [0.15, 0.2) is 0 Å². The van der Waals surface area contributed by atoms with Crippen LogP contribution < -0.4 is 27.0 Å². The smallest absolute Gasteiger partial charge is 0.332 e. The maximum absolute atomic E-state index is 13.2. The van der Waals surface area contributed by atoms with Crippen LogP contribution in [0.5, 0.6) is 0 Å². The number of guanidine groups is 2. The van der Waals surface area contributed by atoms with Crippen LogP contribution in [0.15, 0.2) is 51.3 Å². The number of amides is 2. The summed E-state index contributed by atoms with van der Waals surface area (Å²) in [5.41, 5.74) is 12.7. The van der Waals surface area contributed by atoms with Crippen molar-refractivity contribution in [2.24, 2.45) is 21.5 Å². The highest BCUT2D eigenvalue weighted by molar-refractivity contribution is 7.86. The van der Waals surface area contributed by atoms with E-state index in [2.05, 4.69) is 20.6 Å². The zero-order valence-corrected chi connectivity index (χ0v) is 23.8. The van der Waals surface area contributed by atoms with Crippen molar-refractivity contribution in [1.82, 2.24) is 5.32 Å². The predicted molar refractivity (Wildman–Crippen MR) is 149 cm³/mol. The summed E-state index contributed by atoms with van der Waals surface area (Å²) in [7, 11) is -8.49. The van der Waals surface area contributed by atoms with E-state index in [-0.39, 0.29) is 29.8 Å². The van der Waals surface area contributed by atoms with Crippen LogP contribution >= 0.6 is 11.6 Å². The number of nitrogens with one attached hydrogen (secondary N) is 2. The molecular formula is C22H29ClFN7O6S2. The molecule has 7 N–H and O–H groups in total. The quantitative estimate of drug-likeness (QED) is 0.242. The van der Waals surface area contributed by atoms with Gasteiger partial charge in [0.1, 0.15) is 10.6 Å². The van der Waals surface area contributed by atoms with Gasteiger partial charge >= 0.3 is 16.3 Å². The molecule has 0 atom stereocenters. The van der Waals surface area contributed by atoms with Gasteiger partial charge in [-0.15, -0.1) is 3.89 Å². The Morgan fingerprint density at radius 2 is 1.77 bits per heavy atom. The number of anilines is 2. The van der Waals surface area contributed by atoms with Crippen LogP contribution in [-0.4, -0.2) is 50.8 Å². The van der Waals surface area contributed by atoms with Crippen molar-refractivity contribution in [1.29, 1.82) is 0 Å². The van der Waals surface area contributed by atoms with E-state index in [4.69, 9.17) is 27.6 Å². The molecule has 2 amide bonds. The Balaban J connectivity index is 0.000000798. The third-order valence-electron chi connectivity index (χ3n) is 5.19. The second kappa shape index (κ2) is 12.1. The van der Waals surface area contributed by atoms with E-state index in [0.29, 0.717) is 22.0 Å². The van der Waals surface area contributed by atoms with Gasteiger partial charge in [-0.2, -0.15) is 21.8 Å². The number of nitrogens with zero attached hydrogens (tertiary/aromatic N) is 3. The summed E-state index contributed by atoms with van der Waals surface area (Å²) < 4.78 is 62.2. The molecule has 0 aromatic heterocycles. The van der Waals surface area contributed by atoms with E-state index in [1.54, 1.807) is 23.1 Å². The highest BCUT2D eigenvalue weighted by Gasteiger charge is 2.33. The Bertz CT molecular complexity index is 1530. The summed E-state index contributed by atoms with van der Waals surface area (Å²) >= 11 is 6.41. The van der Waals surface area contributed by atoms with E-state index >= 15 is 0 Å². The van der Waals surface area contributed by atoms with Crippen molar-refractivity contribution in [3.63, 3.8) is 0 Å². The maximum Gasteiger partial charge on any atom is 0.332 e. The minimum absolute atomic E-state index is 0.0860. The van der Waals surface area contributed by atoms with E-state index in [0.717, 1.165) is 6.07 Å². The number of aliphatic imine (C=N–C) groups is 2. The van der Waals surface area contributed by atoms with Gasteiger partial charge in [-0.05, 0) is 69.2 Å². The zero-order chi connectivity index (χ0) is 29.8. The third kappa shape index (κ3) is 9.05. The minimum Gasteiger partial charge on any atom is -0.369 e. The topological polar surface area (TPSA) is 210 Å². The Kier molecular flexibility index (Phi) is 9.89. The van der Waals surface area contributed by atoms with Crippen LogP contribution in [0.4, 0.5) is 20.1 Å². The van der Waals surface area contributed by atoms with Gasteiger partial charge in [-0.1, -0.05) is 17.7 Å². The first-order chi connectivity index (χ1) is 17.8. The lowest BCUT2D eigenvalue weighted by atomic mass is 10.1. The molecule has 0 saturated carbocycles. The van der Waals surface area contributed by atoms with E-state index in [9.17, 15) is 25.5 Å². The summed E-state index contributed by atoms with van der Waals surface area (Å²) in [5, 5.41) is 5.59. The lowest BCUT2D eigenvalue weighted by molar-refractivity contribution is 0.251. The number of aryl methyl sites for hydroxylation is 1. The first-order valence-electron chi connectivity index (χ1n) is 11.2. The number of urea groups is 1.